The second-order valence-electron chi connectivity index (χ2n) is 11.5. The normalized spacial score (nSPS) is 21.6. The van der Waals surface area contributed by atoms with Crippen LogP contribution >= 0.6 is 0 Å². The minimum absolute atomic E-state index is 0.0824. The van der Waals surface area contributed by atoms with E-state index in [1.165, 1.54) is 16.9 Å². The molecule has 0 saturated carbocycles. The molecule has 6 atom stereocenters. The number of aliphatic carboxylic acids is 1. The Bertz CT molecular complexity index is 1840. The van der Waals surface area contributed by atoms with E-state index in [2.05, 4.69) is 20.9 Å². The van der Waals surface area contributed by atoms with Crippen molar-refractivity contribution in [3.05, 3.63) is 90.1 Å². The van der Waals surface area contributed by atoms with E-state index >= 15 is 0 Å². The van der Waals surface area contributed by atoms with E-state index in [4.69, 9.17) is 9.47 Å². The number of aliphatic hydroxyl groups excluding tert-OH is 4. The number of alkyl halides is 2. The van der Waals surface area contributed by atoms with Crippen LogP contribution in [0.5, 0.6) is 5.75 Å². The summed E-state index contributed by atoms with van der Waals surface area (Å²) in [5.41, 5.74) is 1.10. The number of aromatic nitrogens is 3. The largest absolute Gasteiger partial charge is 0.476 e. The fourth-order valence-electron chi connectivity index (χ4n) is 5.42. The first-order valence-corrected chi connectivity index (χ1v) is 15.2. The summed E-state index contributed by atoms with van der Waals surface area (Å²) in [4.78, 5) is 36.9. The van der Waals surface area contributed by atoms with Gasteiger partial charge in [-0.2, -0.15) is 0 Å². The van der Waals surface area contributed by atoms with Crippen LogP contribution in [0.1, 0.15) is 35.7 Å². The van der Waals surface area contributed by atoms with Crippen molar-refractivity contribution in [3.63, 3.8) is 0 Å². The van der Waals surface area contributed by atoms with Crippen LogP contribution in [0, 0.1) is 0 Å². The van der Waals surface area contributed by atoms with Crippen molar-refractivity contribution in [3.8, 4) is 22.7 Å². The highest BCUT2D eigenvalue weighted by Crippen LogP contribution is 2.39. The standard InChI is InChI=1S/C33H33F2N5O10/c1-17(42)36-27-24(43)14-33(32(47)48,50-29(27)28(45)25(44)16-41)49-26-11-10-21(13-22(26)30(34)35)40-15-23(38-39-40)19-8-5-9-20(12-19)37-31(46)18-6-3-2-4-7-18/h2-13,15,24-25,27-30,41,43-45H,14,16H2,1H3,(H,36,42)(H,37,46)(H,47,48)/t24-,25+,27+,28+,29+,33+/m0/s1. The van der Waals surface area contributed by atoms with Gasteiger partial charge < -0.3 is 45.6 Å². The van der Waals surface area contributed by atoms with Gasteiger partial charge >= 0.3 is 11.8 Å². The number of rotatable bonds is 12. The molecule has 0 spiro atoms. The van der Waals surface area contributed by atoms with E-state index in [1.807, 2.05) is 0 Å². The Kier molecular flexibility index (Phi) is 10.8. The maximum Gasteiger partial charge on any atom is 0.377 e. The lowest BCUT2D eigenvalue weighted by atomic mass is 9.88. The molecule has 5 rings (SSSR count). The summed E-state index contributed by atoms with van der Waals surface area (Å²) in [5.74, 6) is -6.45. The number of nitrogens with zero attached hydrogens (tertiary/aromatic N) is 3. The van der Waals surface area contributed by atoms with Crippen LogP contribution in [0.3, 0.4) is 0 Å². The van der Waals surface area contributed by atoms with E-state index in [0.29, 0.717) is 22.5 Å². The smallest absolute Gasteiger partial charge is 0.377 e. The van der Waals surface area contributed by atoms with Gasteiger partial charge in [-0.3, -0.25) is 9.59 Å². The number of carbonyl (C=O) groups excluding carboxylic acids is 2. The quantitative estimate of drug-likeness (QED) is 0.112. The first kappa shape index (κ1) is 36.0. The average molecular weight is 698 g/mol. The molecule has 264 valence electrons. The molecule has 1 aromatic heterocycles. The number of ether oxygens (including phenoxy) is 2. The molecule has 1 aliphatic rings. The second-order valence-corrected chi connectivity index (χ2v) is 11.5. The van der Waals surface area contributed by atoms with Gasteiger partial charge in [0.25, 0.3) is 12.3 Å². The van der Waals surface area contributed by atoms with E-state index in [9.17, 15) is 48.7 Å². The van der Waals surface area contributed by atoms with Gasteiger partial charge in [0, 0.05) is 23.7 Å². The molecule has 1 aliphatic heterocycles. The first-order valence-electron chi connectivity index (χ1n) is 15.2. The number of aliphatic hydroxyl groups is 4. The van der Waals surface area contributed by atoms with Crippen molar-refractivity contribution in [1.29, 1.82) is 0 Å². The Balaban J connectivity index is 1.41. The molecular formula is C33H33F2N5O10. The molecule has 17 heteroatoms. The summed E-state index contributed by atoms with van der Waals surface area (Å²) in [7, 11) is 0. The number of carboxylic acids is 1. The lowest BCUT2D eigenvalue weighted by Gasteiger charge is -2.46. The highest BCUT2D eigenvalue weighted by molar-refractivity contribution is 6.04. The molecule has 15 nitrogen and oxygen atoms in total. The molecular weight excluding hydrogens is 664 g/mol. The zero-order valence-corrected chi connectivity index (χ0v) is 26.3. The minimum atomic E-state index is -3.22. The van der Waals surface area contributed by atoms with E-state index < -0.39 is 78.9 Å². The molecule has 2 amide bonds. The van der Waals surface area contributed by atoms with Crippen molar-refractivity contribution >= 4 is 23.5 Å². The summed E-state index contributed by atoms with van der Waals surface area (Å²) >= 11 is 0. The third-order valence-electron chi connectivity index (χ3n) is 7.90. The molecule has 3 aromatic carbocycles. The molecule has 1 fully saturated rings. The van der Waals surface area contributed by atoms with E-state index in [0.717, 1.165) is 19.1 Å². The second kappa shape index (κ2) is 15.1. The number of hydrogen-bond donors (Lipinski definition) is 7. The van der Waals surface area contributed by atoms with Gasteiger partial charge in [0.05, 0.1) is 42.6 Å². The van der Waals surface area contributed by atoms with Crippen LogP contribution < -0.4 is 15.4 Å². The van der Waals surface area contributed by atoms with E-state index in [1.54, 1.807) is 54.6 Å². The number of carbonyl (C=O) groups is 3. The summed E-state index contributed by atoms with van der Waals surface area (Å²) in [6, 6.07) is 17.1. The number of amides is 2. The van der Waals surface area contributed by atoms with Crippen LogP contribution in [-0.2, 0) is 14.3 Å². The van der Waals surface area contributed by atoms with Crippen molar-refractivity contribution in [2.75, 3.05) is 11.9 Å². The van der Waals surface area contributed by atoms with Gasteiger partial charge in [0.15, 0.2) is 0 Å². The van der Waals surface area contributed by atoms with Gasteiger partial charge in [0.1, 0.15) is 29.8 Å². The molecule has 2 heterocycles. The minimum Gasteiger partial charge on any atom is -0.476 e. The predicted molar refractivity (Wildman–Crippen MR) is 169 cm³/mol. The van der Waals surface area contributed by atoms with Crippen LogP contribution in [0.25, 0.3) is 16.9 Å². The number of halogens is 2. The first-order chi connectivity index (χ1) is 23.8. The maximum absolute atomic E-state index is 14.4. The fraction of sp³-hybridized carbons (Fsp3) is 0.303. The van der Waals surface area contributed by atoms with Crippen molar-refractivity contribution < 1.29 is 58.2 Å². The van der Waals surface area contributed by atoms with Crippen molar-refractivity contribution in [2.24, 2.45) is 0 Å². The molecule has 0 bridgehead atoms. The van der Waals surface area contributed by atoms with Gasteiger partial charge in [-0.25, -0.2) is 18.3 Å². The summed E-state index contributed by atoms with van der Waals surface area (Å²) in [5, 5.41) is 64.2. The molecule has 0 unspecified atom stereocenters. The van der Waals surface area contributed by atoms with Gasteiger partial charge in [-0.15, -0.1) is 5.10 Å². The number of hydrogen-bond acceptors (Lipinski definition) is 11. The number of nitrogens with one attached hydrogen (secondary N) is 2. The number of benzene rings is 3. The van der Waals surface area contributed by atoms with Crippen LogP contribution in [0.4, 0.5) is 14.5 Å². The van der Waals surface area contributed by atoms with Gasteiger partial charge in [-0.05, 0) is 42.5 Å². The SMILES string of the molecule is CC(=O)N[C@H]1[C@H]([C@H](O)[C@H](O)CO)O[C@@](Oc2ccc(-n3cc(-c4cccc(NC(=O)c5ccccc5)c4)nn3)cc2C(F)F)(C(=O)O)C[C@@H]1O. The lowest BCUT2D eigenvalue weighted by molar-refractivity contribution is -0.284. The van der Waals surface area contributed by atoms with Crippen LogP contribution in [0.2, 0.25) is 0 Å². The lowest BCUT2D eigenvalue weighted by Crippen LogP contribution is -2.68. The molecule has 7 N–H and O–H groups in total. The molecule has 1 saturated heterocycles. The summed E-state index contributed by atoms with van der Waals surface area (Å²) in [6.45, 7) is 0.0779. The predicted octanol–water partition coefficient (Wildman–Crippen LogP) is 1.65. The Morgan fingerprint density at radius 1 is 1.08 bits per heavy atom. The van der Waals surface area contributed by atoms with Gasteiger partial charge in [0.2, 0.25) is 5.91 Å². The molecule has 0 radical (unpaired) electrons. The maximum atomic E-state index is 14.4. The highest BCUT2D eigenvalue weighted by Gasteiger charge is 2.57. The van der Waals surface area contributed by atoms with Crippen molar-refractivity contribution in [2.45, 2.75) is 56.0 Å². The highest BCUT2D eigenvalue weighted by atomic mass is 19.3. The number of anilines is 1. The van der Waals surface area contributed by atoms with Crippen LogP contribution in [0.15, 0.2) is 79.0 Å². The summed E-state index contributed by atoms with van der Waals surface area (Å²) < 4.78 is 41.2. The Morgan fingerprint density at radius 3 is 2.48 bits per heavy atom. The zero-order valence-electron chi connectivity index (χ0n) is 26.3. The number of carboxylic acid groups (broad SMARTS) is 1. The average Bonchev–Trinajstić information content (AvgIpc) is 3.59. The molecule has 0 aliphatic carbocycles. The Labute approximate surface area is 282 Å². The monoisotopic (exact) mass is 697 g/mol. The summed E-state index contributed by atoms with van der Waals surface area (Å²) in [6.07, 6.45) is -10.3. The van der Waals surface area contributed by atoms with E-state index in [-0.39, 0.29) is 11.6 Å². The topological polar surface area (TPSA) is 226 Å². The third-order valence-corrected chi connectivity index (χ3v) is 7.90. The molecule has 4 aromatic rings. The van der Waals surface area contributed by atoms with Gasteiger partial charge in [-0.1, -0.05) is 35.5 Å². The third kappa shape index (κ3) is 7.77. The zero-order chi connectivity index (χ0) is 36.2. The van der Waals surface area contributed by atoms with Crippen LogP contribution in [-0.4, -0.2) is 101 Å². The molecule has 50 heavy (non-hydrogen) atoms. The fourth-order valence-corrected chi connectivity index (χ4v) is 5.42. The Hall–Kier alpha value is -5.33. The van der Waals surface area contributed by atoms with Crippen molar-refractivity contribution in [1.82, 2.24) is 20.3 Å². The Morgan fingerprint density at radius 2 is 1.82 bits per heavy atom.